The number of hydrogen-bond acceptors (Lipinski definition) is 3. The molecule has 0 spiro atoms. The lowest BCUT2D eigenvalue weighted by atomic mass is 9.98. The Morgan fingerprint density at radius 3 is 2.50 bits per heavy atom. The zero-order chi connectivity index (χ0) is 15.2. The first-order valence-electron chi connectivity index (χ1n) is 9.00. The predicted octanol–water partition coefficient (Wildman–Crippen LogP) is 2.68. The molecule has 0 N–H and O–H groups in total. The molecule has 2 aliphatic heterocycles. The van der Waals surface area contributed by atoms with Crippen LogP contribution in [0.5, 0.6) is 0 Å². The third kappa shape index (κ3) is 4.55. The molecule has 2 fully saturated rings. The second-order valence-electron chi connectivity index (χ2n) is 7.04. The quantitative estimate of drug-likeness (QED) is 0.828. The predicted molar refractivity (Wildman–Crippen MR) is 93.0 cm³/mol. The summed E-state index contributed by atoms with van der Waals surface area (Å²) in [5.41, 5.74) is 1.47. The number of rotatable bonds is 5. The van der Waals surface area contributed by atoms with Crippen molar-refractivity contribution in [2.45, 2.75) is 38.3 Å². The molecular formula is C19H31N3. The normalized spacial score (nSPS) is 25.4. The van der Waals surface area contributed by atoms with Crippen LogP contribution in [0.2, 0.25) is 0 Å². The first kappa shape index (κ1) is 16.0. The Balaban J connectivity index is 1.49. The SMILES string of the molecule is CN1CCN(CC[C@H]2CCCCN2Cc2ccccc2)CC1. The molecule has 3 rings (SSSR count). The topological polar surface area (TPSA) is 9.72 Å². The maximum absolute atomic E-state index is 2.73. The number of piperazine rings is 1. The number of likely N-dealkylation sites (N-methyl/N-ethyl adjacent to an activating group) is 1. The van der Waals surface area contributed by atoms with Gasteiger partial charge in [0.25, 0.3) is 0 Å². The molecule has 122 valence electrons. The standard InChI is InChI=1S/C19H31N3/c1-20-13-15-21(16-14-20)12-10-19-9-5-6-11-22(19)17-18-7-3-2-4-8-18/h2-4,7-8,19H,5-6,9-17H2,1H3/t19-/m1/s1. The molecule has 0 radical (unpaired) electrons. The summed E-state index contributed by atoms with van der Waals surface area (Å²) in [6.07, 6.45) is 5.52. The van der Waals surface area contributed by atoms with E-state index in [0.29, 0.717) is 0 Å². The highest BCUT2D eigenvalue weighted by Gasteiger charge is 2.23. The average Bonchev–Trinajstić information content (AvgIpc) is 2.56. The van der Waals surface area contributed by atoms with Gasteiger partial charge in [-0.2, -0.15) is 0 Å². The van der Waals surface area contributed by atoms with Crippen molar-refractivity contribution in [2.24, 2.45) is 0 Å². The summed E-state index contributed by atoms with van der Waals surface area (Å²) in [5.74, 6) is 0. The number of hydrogen-bond donors (Lipinski definition) is 0. The van der Waals surface area contributed by atoms with Crippen LogP contribution in [0.1, 0.15) is 31.2 Å². The van der Waals surface area contributed by atoms with Gasteiger partial charge in [0.15, 0.2) is 0 Å². The molecule has 0 saturated carbocycles. The van der Waals surface area contributed by atoms with Crippen LogP contribution in [0.25, 0.3) is 0 Å². The van der Waals surface area contributed by atoms with E-state index >= 15 is 0 Å². The molecular weight excluding hydrogens is 270 g/mol. The molecule has 22 heavy (non-hydrogen) atoms. The molecule has 1 aromatic carbocycles. The molecule has 2 saturated heterocycles. The minimum atomic E-state index is 0.786. The number of nitrogens with zero attached hydrogens (tertiary/aromatic N) is 3. The Morgan fingerprint density at radius 1 is 0.955 bits per heavy atom. The number of likely N-dealkylation sites (tertiary alicyclic amines) is 1. The van der Waals surface area contributed by atoms with Gasteiger partial charge in [0.05, 0.1) is 0 Å². The monoisotopic (exact) mass is 301 g/mol. The van der Waals surface area contributed by atoms with E-state index in [1.165, 1.54) is 70.5 Å². The van der Waals surface area contributed by atoms with Crippen molar-refractivity contribution in [3.05, 3.63) is 35.9 Å². The maximum Gasteiger partial charge on any atom is 0.0236 e. The minimum Gasteiger partial charge on any atom is -0.304 e. The average molecular weight is 301 g/mol. The Bertz CT molecular complexity index is 426. The van der Waals surface area contributed by atoms with Gasteiger partial charge >= 0.3 is 0 Å². The van der Waals surface area contributed by atoms with Gasteiger partial charge in [-0.25, -0.2) is 0 Å². The van der Waals surface area contributed by atoms with E-state index < -0.39 is 0 Å². The number of piperidine rings is 1. The fourth-order valence-electron chi connectivity index (χ4n) is 3.82. The van der Waals surface area contributed by atoms with Crippen molar-refractivity contribution in [1.29, 1.82) is 0 Å². The van der Waals surface area contributed by atoms with E-state index in [4.69, 9.17) is 0 Å². The van der Waals surface area contributed by atoms with Crippen LogP contribution in [0.3, 0.4) is 0 Å². The molecule has 2 aliphatic rings. The highest BCUT2D eigenvalue weighted by atomic mass is 15.2. The highest BCUT2D eigenvalue weighted by molar-refractivity contribution is 5.14. The molecule has 3 nitrogen and oxygen atoms in total. The van der Waals surface area contributed by atoms with E-state index in [1.54, 1.807) is 0 Å². The summed E-state index contributed by atoms with van der Waals surface area (Å²) in [6.45, 7) is 8.67. The maximum atomic E-state index is 2.73. The molecule has 0 unspecified atom stereocenters. The van der Waals surface area contributed by atoms with Gasteiger partial charge in [0, 0.05) is 38.8 Å². The zero-order valence-corrected chi connectivity index (χ0v) is 14.1. The van der Waals surface area contributed by atoms with Gasteiger partial charge in [-0.05, 0) is 45.0 Å². The lowest BCUT2D eigenvalue weighted by molar-refractivity contribution is 0.102. The molecule has 3 heteroatoms. The Kier molecular flexibility index (Phi) is 5.88. The molecule has 0 amide bonds. The van der Waals surface area contributed by atoms with Crippen molar-refractivity contribution in [3.63, 3.8) is 0 Å². The molecule has 0 bridgehead atoms. The second kappa shape index (κ2) is 8.09. The second-order valence-corrected chi connectivity index (χ2v) is 7.04. The van der Waals surface area contributed by atoms with E-state index in [1.807, 2.05) is 0 Å². The lowest BCUT2D eigenvalue weighted by Crippen LogP contribution is -2.47. The summed E-state index contributed by atoms with van der Waals surface area (Å²) in [5, 5.41) is 0. The highest BCUT2D eigenvalue weighted by Crippen LogP contribution is 2.22. The minimum absolute atomic E-state index is 0.786. The van der Waals surface area contributed by atoms with Crippen LogP contribution in [-0.2, 0) is 6.54 Å². The smallest absolute Gasteiger partial charge is 0.0236 e. The van der Waals surface area contributed by atoms with Crippen LogP contribution < -0.4 is 0 Å². The third-order valence-electron chi connectivity index (χ3n) is 5.35. The Morgan fingerprint density at radius 2 is 1.73 bits per heavy atom. The molecule has 0 aliphatic carbocycles. The van der Waals surface area contributed by atoms with Crippen molar-refractivity contribution in [3.8, 4) is 0 Å². The van der Waals surface area contributed by atoms with Crippen LogP contribution >= 0.6 is 0 Å². The van der Waals surface area contributed by atoms with Gasteiger partial charge < -0.3 is 9.80 Å². The fraction of sp³-hybridized carbons (Fsp3) is 0.684. The van der Waals surface area contributed by atoms with Crippen molar-refractivity contribution < 1.29 is 0 Å². The summed E-state index contributed by atoms with van der Waals surface area (Å²) in [6, 6.07) is 11.8. The lowest BCUT2D eigenvalue weighted by Gasteiger charge is -2.38. The van der Waals surface area contributed by atoms with Crippen LogP contribution in [0.4, 0.5) is 0 Å². The van der Waals surface area contributed by atoms with Gasteiger partial charge in [-0.1, -0.05) is 36.8 Å². The summed E-state index contributed by atoms with van der Waals surface area (Å²) in [7, 11) is 2.24. The van der Waals surface area contributed by atoms with E-state index in [2.05, 4.69) is 52.1 Å². The first-order chi connectivity index (χ1) is 10.8. The van der Waals surface area contributed by atoms with Gasteiger partial charge in [-0.3, -0.25) is 4.90 Å². The van der Waals surface area contributed by atoms with E-state index in [9.17, 15) is 0 Å². The summed E-state index contributed by atoms with van der Waals surface area (Å²) < 4.78 is 0. The third-order valence-corrected chi connectivity index (χ3v) is 5.35. The molecule has 1 aromatic rings. The van der Waals surface area contributed by atoms with Gasteiger partial charge in [0.2, 0.25) is 0 Å². The Labute approximate surface area is 135 Å². The van der Waals surface area contributed by atoms with Crippen LogP contribution in [0, 0.1) is 0 Å². The van der Waals surface area contributed by atoms with Crippen molar-refractivity contribution in [1.82, 2.24) is 14.7 Å². The van der Waals surface area contributed by atoms with Crippen LogP contribution in [-0.4, -0.2) is 67.1 Å². The summed E-state index contributed by atoms with van der Waals surface area (Å²) in [4.78, 5) is 7.84. The molecule has 2 heterocycles. The summed E-state index contributed by atoms with van der Waals surface area (Å²) >= 11 is 0. The molecule has 1 atom stereocenters. The molecule has 0 aromatic heterocycles. The van der Waals surface area contributed by atoms with E-state index in [-0.39, 0.29) is 0 Å². The van der Waals surface area contributed by atoms with Crippen LogP contribution in [0.15, 0.2) is 30.3 Å². The fourth-order valence-corrected chi connectivity index (χ4v) is 3.82. The van der Waals surface area contributed by atoms with Gasteiger partial charge in [-0.15, -0.1) is 0 Å². The van der Waals surface area contributed by atoms with Crippen molar-refractivity contribution >= 4 is 0 Å². The van der Waals surface area contributed by atoms with Gasteiger partial charge in [0.1, 0.15) is 0 Å². The zero-order valence-electron chi connectivity index (χ0n) is 14.1. The Hall–Kier alpha value is -0.900. The number of benzene rings is 1. The largest absolute Gasteiger partial charge is 0.304 e. The first-order valence-corrected chi connectivity index (χ1v) is 9.00. The van der Waals surface area contributed by atoms with Crippen molar-refractivity contribution in [2.75, 3.05) is 46.3 Å². The van der Waals surface area contributed by atoms with E-state index in [0.717, 1.165) is 12.6 Å².